The summed E-state index contributed by atoms with van der Waals surface area (Å²) in [5.74, 6) is 1.80. The highest BCUT2D eigenvalue weighted by Gasteiger charge is 2.57. The van der Waals surface area contributed by atoms with Gasteiger partial charge in [0.1, 0.15) is 11.8 Å². The number of likely N-dealkylation sites (tertiary alicyclic amines) is 1. The van der Waals surface area contributed by atoms with Crippen LogP contribution in [0.15, 0.2) is 36.4 Å². The number of likely N-dealkylation sites (N-methyl/N-ethyl adjacent to an activating group) is 1. The van der Waals surface area contributed by atoms with Crippen molar-refractivity contribution in [1.29, 1.82) is 0 Å². The largest absolute Gasteiger partial charge is 0.496 e. The summed E-state index contributed by atoms with van der Waals surface area (Å²) in [5, 5.41) is 19.9. The Hall–Kier alpha value is -2.73. The number of hydrogen-bond donors (Lipinski definition) is 4. The number of aliphatic hydroxyl groups excluding tert-OH is 1. The van der Waals surface area contributed by atoms with Crippen LogP contribution in [0.1, 0.15) is 64.5 Å². The molecule has 3 aliphatic carbocycles. The molecule has 0 radical (unpaired) electrons. The van der Waals surface area contributed by atoms with Crippen LogP contribution < -0.4 is 26.0 Å². The number of carbonyl (C=O) groups excluding carboxylic acids is 1. The molecule has 2 heterocycles. The van der Waals surface area contributed by atoms with E-state index in [0.717, 1.165) is 47.6 Å². The van der Waals surface area contributed by atoms with Gasteiger partial charge in [0.05, 0.1) is 25.9 Å². The molecule has 2 aliphatic heterocycles. The molecule has 3 saturated carbocycles. The number of benzene rings is 2. The SMILES string of the molecule is COc1c(CN2O[C@@H](CN)[C@@H]([C@H](C)O)[C@H]2C(=O)N[C@H]2C[C@@H]3C[C@H]([C@@H]2C)C3(C)C)cccc1-c1cc(CNC[C@H]2CCCN2C)cc(N(C)C)c1. The molecule has 9 atom stereocenters. The zero-order chi connectivity index (χ0) is 35.9. The van der Waals surface area contributed by atoms with Crippen molar-refractivity contribution >= 4 is 11.6 Å². The first-order valence-corrected chi connectivity index (χ1v) is 18.8. The Labute approximate surface area is 300 Å². The minimum atomic E-state index is -0.775. The summed E-state index contributed by atoms with van der Waals surface area (Å²) >= 11 is 0. The summed E-state index contributed by atoms with van der Waals surface area (Å²) in [7, 11) is 8.05. The standard InChI is InChI=1S/C40H62N6O4/c1-24-33-18-29(40(33,3)4)19-34(24)43-39(48)37-36(25(2)47)35(20-41)50-46(37)23-27-11-9-13-32(38(27)49-8)28-15-26(16-31(17-28)44(5)6)21-42-22-30-12-10-14-45(30)7/h9,11,13,15-17,24-25,29-30,33-37,42,47H,10,12,14,18-23,41H2,1-8H3,(H,43,48)/t24-,25-,29-,30+,33+,34-,35-,36+,37-/m0/s1. The second kappa shape index (κ2) is 15.1. The maximum absolute atomic E-state index is 14.3. The third kappa shape index (κ3) is 7.17. The van der Waals surface area contributed by atoms with Gasteiger partial charge in [-0.1, -0.05) is 39.0 Å². The number of amides is 1. The number of hydrogen-bond acceptors (Lipinski definition) is 9. The minimum Gasteiger partial charge on any atom is -0.496 e. The Bertz CT molecular complexity index is 1500. The number of nitrogens with zero attached hydrogens (tertiary/aromatic N) is 3. The number of nitrogens with one attached hydrogen (secondary N) is 2. The van der Waals surface area contributed by atoms with Crippen molar-refractivity contribution in [2.24, 2.45) is 34.8 Å². The van der Waals surface area contributed by atoms with E-state index in [0.29, 0.717) is 35.8 Å². The molecule has 2 aromatic carbocycles. The van der Waals surface area contributed by atoms with Crippen molar-refractivity contribution in [1.82, 2.24) is 20.6 Å². The van der Waals surface area contributed by atoms with Crippen LogP contribution in [-0.4, -0.2) is 99.2 Å². The van der Waals surface area contributed by atoms with Crippen LogP contribution in [0.25, 0.3) is 11.1 Å². The topological polar surface area (TPSA) is 116 Å². The summed E-state index contributed by atoms with van der Waals surface area (Å²) in [5.41, 5.74) is 11.8. The summed E-state index contributed by atoms with van der Waals surface area (Å²) in [6.07, 6.45) is 3.48. The average Bonchev–Trinajstić information content (AvgIpc) is 3.67. The molecule has 7 rings (SSSR count). The van der Waals surface area contributed by atoms with Crippen LogP contribution in [-0.2, 0) is 22.7 Å². The van der Waals surface area contributed by atoms with Gasteiger partial charge >= 0.3 is 0 Å². The molecule has 2 saturated heterocycles. The predicted octanol–water partition coefficient (Wildman–Crippen LogP) is 4.24. The lowest BCUT2D eigenvalue weighted by Crippen LogP contribution is -2.62. The normalized spacial score (nSPS) is 31.3. The zero-order valence-corrected chi connectivity index (χ0v) is 31.6. The number of carbonyl (C=O) groups is 1. The van der Waals surface area contributed by atoms with E-state index in [1.165, 1.54) is 31.4 Å². The smallest absolute Gasteiger partial charge is 0.240 e. The molecule has 0 aromatic heterocycles. The number of para-hydroxylation sites is 1. The lowest BCUT2D eigenvalue weighted by atomic mass is 9.45. The van der Waals surface area contributed by atoms with E-state index in [2.05, 4.69) is 86.6 Å². The monoisotopic (exact) mass is 690 g/mol. The third-order valence-electron chi connectivity index (χ3n) is 12.9. The fourth-order valence-electron chi connectivity index (χ4n) is 9.69. The number of fused-ring (bicyclic) bond motifs is 2. The molecule has 2 aromatic rings. The van der Waals surface area contributed by atoms with Crippen LogP contribution in [0.5, 0.6) is 5.75 Å². The van der Waals surface area contributed by atoms with E-state index in [-0.39, 0.29) is 18.5 Å². The number of rotatable bonds is 13. The summed E-state index contributed by atoms with van der Waals surface area (Å²) in [6.45, 7) is 12.2. The van der Waals surface area contributed by atoms with E-state index in [9.17, 15) is 9.90 Å². The maximum atomic E-state index is 14.3. The molecule has 10 nitrogen and oxygen atoms in total. The molecule has 5 fully saturated rings. The van der Waals surface area contributed by atoms with Gasteiger partial charge < -0.3 is 36.0 Å². The van der Waals surface area contributed by atoms with Gasteiger partial charge in [0.25, 0.3) is 0 Å². The highest BCUT2D eigenvalue weighted by molar-refractivity contribution is 5.83. The number of hydroxylamine groups is 2. The van der Waals surface area contributed by atoms with E-state index >= 15 is 0 Å². The Balaban J connectivity index is 1.25. The Morgan fingerprint density at radius 2 is 2.00 bits per heavy atom. The van der Waals surface area contributed by atoms with Crippen LogP contribution in [0.3, 0.4) is 0 Å². The molecular formula is C40H62N6O4. The van der Waals surface area contributed by atoms with Gasteiger partial charge in [0, 0.05) is 68.5 Å². The fraction of sp³-hybridized carbons (Fsp3) is 0.675. The van der Waals surface area contributed by atoms with Gasteiger partial charge in [0.15, 0.2) is 0 Å². The lowest BCUT2D eigenvalue weighted by Gasteiger charge is -2.62. The zero-order valence-electron chi connectivity index (χ0n) is 31.6. The number of aliphatic hydroxyl groups is 1. The van der Waals surface area contributed by atoms with Crippen LogP contribution in [0, 0.1) is 29.1 Å². The van der Waals surface area contributed by atoms with E-state index in [1.807, 2.05) is 12.1 Å². The summed E-state index contributed by atoms with van der Waals surface area (Å²) in [4.78, 5) is 25.3. The quantitative estimate of drug-likeness (QED) is 0.245. The molecule has 50 heavy (non-hydrogen) atoms. The number of anilines is 1. The predicted molar refractivity (Wildman–Crippen MR) is 200 cm³/mol. The Morgan fingerprint density at radius 3 is 2.62 bits per heavy atom. The average molecular weight is 691 g/mol. The molecular weight excluding hydrogens is 628 g/mol. The van der Waals surface area contributed by atoms with Crippen molar-refractivity contribution in [3.05, 3.63) is 47.5 Å². The van der Waals surface area contributed by atoms with Gasteiger partial charge in [-0.25, -0.2) is 0 Å². The highest BCUT2D eigenvalue weighted by atomic mass is 16.7. The first-order chi connectivity index (χ1) is 23.8. The van der Waals surface area contributed by atoms with Crippen molar-refractivity contribution in [3.63, 3.8) is 0 Å². The molecule has 0 unspecified atom stereocenters. The first kappa shape index (κ1) is 37.0. The molecule has 2 bridgehead atoms. The van der Waals surface area contributed by atoms with E-state index in [4.69, 9.17) is 15.3 Å². The van der Waals surface area contributed by atoms with Gasteiger partial charge in [-0.2, -0.15) is 5.06 Å². The van der Waals surface area contributed by atoms with E-state index in [1.54, 1.807) is 19.1 Å². The summed E-state index contributed by atoms with van der Waals surface area (Å²) < 4.78 is 6.15. The maximum Gasteiger partial charge on any atom is 0.240 e. The van der Waals surface area contributed by atoms with Crippen LogP contribution in [0.4, 0.5) is 5.69 Å². The summed E-state index contributed by atoms with van der Waals surface area (Å²) in [6, 6.07) is 12.8. The number of ether oxygens (including phenoxy) is 1. The Morgan fingerprint density at radius 1 is 1.22 bits per heavy atom. The number of nitrogens with two attached hydrogens (primary N) is 1. The minimum absolute atomic E-state index is 0.0995. The van der Waals surface area contributed by atoms with Crippen molar-refractivity contribution in [3.8, 4) is 16.9 Å². The third-order valence-corrected chi connectivity index (χ3v) is 12.9. The second-order valence-electron chi connectivity index (χ2n) is 16.5. The van der Waals surface area contributed by atoms with E-state index < -0.39 is 24.2 Å². The molecule has 10 heteroatoms. The van der Waals surface area contributed by atoms with Crippen molar-refractivity contribution in [2.45, 2.75) is 96.8 Å². The Kier molecular flexibility index (Phi) is 11.2. The fourth-order valence-corrected chi connectivity index (χ4v) is 9.69. The second-order valence-corrected chi connectivity index (χ2v) is 16.5. The molecule has 1 amide bonds. The molecule has 5 N–H and O–H groups in total. The first-order valence-electron chi connectivity index (χ1n) is 18.8. The van der Waals surface area contributed by atoms with Crippen molar-refractivity contribution in [2.75, 3.05) is 52.8 Å². The van der Waals surface area contributed by atoms with Gasteiger partial charge in [-0.15, -0.1) is 0 Å². The molecule has 0 spiro atoms. The van der Waals surface area contributed by atoms with Crippen LogP contribution >= 0.6 is 0 Å². The number of methoxy groups -OCH3 is 1. The highest BCUT2D eigenvalue weighted by Crippen LogP contribution is 2.61. The lowest BCUT2D eigenvalue weighted by molar-refractivity contribution is -0.175. The molecule has 5 aliphatic rings. The van der Waals surface area contributed by atoms with Gasteiger partial charge in [0.2, 0.25) is 5.91 Å². The molecule has 276 valence electrons. The van der Waals surface area contributed by atoms with Crippen LogP contribution in [0.2, 0.25) is 0 Å². The van der Waals surface area contributed by atoms with Gasteiger partial charge in [-0.3, -0.25) is 9.63 Å². The van der Waals surface area contributed by atoms with Gasteiger partial charge in [-0.05, 0) is 98.7 Å². The van der Waals surface area contributed by atoms with Crippen molar-refractivity contribution < 1.29 is 19.5 Å².